The number of rotatable bonds is 3. The van der Waals surface area contributed by atoms with Crippen molar-refractivity contribution in [1.82, 2.24) is 19.6 Å². The molecule has 0 saturated heterocycles. The first-order valence-corrected chi connectivity index (χ1v) is 8.37. The molecule has 0 aliphatic heterocycles. The minimum atomic E-state index is -0.391. The number of pyridine rings is 1. The zero-order valence-electron chi connectivity index (χ0n) is 14.8. The Morgan fingerprint density at radius 3 is 2.70 bits per heavy atom. The third kappa shape index (κ3) is 3.27. The van der Waals surface area contributed by atoms with Crippen molar-refractivity contribution in [2.75, 3.05) is 5.32 Å². The number of nitrogens with zero attached hydrogens (tertiary/aromatic N) is 4. The van der Waals surface area contributed by atoms with Crippen molar-refractivity contribution in [2.24, 2.45) is 0 Å². The van der Waals surface area contributed by atoms with E-state index >= 15 is 0 Å². The first-order chi connectivity index (χ1) is 13.0. The summed E-state index contributed by atoms with van der Waals surface area (Å²) < 4.78 is 15.5. The molecule has 0 fully saturated rings. The molecule has 0 radical (unpaired) electrons. The van der Waals surface area contributed by atoms with E-state index in [0.29, 0.717) is 22.7 Å². The number of anilines is 1. The molecule has 4 aromatic rings. The second-order valence-corrected chi connectivity index (χ2v) is 6.24. The van der Waals surface area contributed by atoms with Gasteiger partial charge in [-0.05, 0) is 55.8 Å². The Labute approximate surface area is 154 Å². The lowest BCUT2D eigenvalue weighted by Gasteiger charge is -2.07. The predicted octanol–water partition coefficient (Wildman–Crippen LogP) is 3.80. The molecule has 7 heteroatoms. The fourth-order valence-corrected chi connectivity index (χ4v) is 2.93. The highest BCUT2D eigenvalue weighted by atomic mass is 19.1. The molecule has 0 saturated carbocycles. The van der Waals surface area contributed by atoms with Crippen LogP contribution in [-0.2, 0) is 0 Å². The van der Waals surface area contributed by atoms with Crippen LogP contribution in [0.5, 0.6) is 0 Å². The molecule has 1 aromatic carbocycles. The van der Waals surface area contributed by atoms with Gasteiger partial charge in [0, 0.05) is 11.3 Å². The average molecular weight is 361 g/mol. The zero-order chi connectivity index (χ0) is 19.0. The summed E-state index contributed by atoms with van der Waals surface area (Å²) in [4.78, 5) is 21.2. The zero-order valence-corrected chi connectivity index (χ0v) is 14.8. The molecule has 134 valence electrons. The highest BCUT2D eigenvalue weighted by Crippen LogP contribution is 2.21. The number of hydrogen-bond donors (Lipinski definition) is 1. The van der Waals surface area contributed by atoms with Gasteiger partial charge in [-0.2, -0.15) is 5.10 Å². The number of benzene rings is 1. The van der Waals surface area contributed by atoms with Crippen LogP contribution in [0.25, 0.3) is 16.9 Å². The summed E-state index contributed by atoms with van der Waals surface area (Å²) in [6.45, 7) is 3.79. The molecule has 3 aromatic heterocycles. The van der Waals surface area contributed by atoms with Crippen molar-refractivity contribution in [3.8, 4) is 11.3 Å². The highest BCUT2D eigenvalue weighted by Gasteiger charge is 2.16. The second-order valence-electron chi connectivity index (χ2n) is 6.24. The summed E-state index contributed by atoms with van der Waals surface area (Å²) in [5, 5.41) is 7.16. The Morgan fingerprint density at radius 1 is 1.11 bits per heavy atom. The first kappa shape index (κ1) is 16.8. The number of carbonyl (C=O) groups is 1. The van der Waals surface area contributed by atoms with Gasteiger partial charge in [0.2, 0.25) is 0 Å². The maximum Gasteiger partial charge on any atom is 0.277 e. The normalized spacial score (nSPS) is 10.9. The average Bonchev–Trinajstić information content (AvgIpc) is 3.04. The third-order valence-electron chi connectivity index (χ3n) is 4.08. The van der Waals surface area contributed by atoms with Crippen LogP contribution in [-0.4, -0.2) is 25.5 Å². The summed E-state index contributed by atoms with van der Waals surface area (Å²) in [6, 6.07) is 13.4. The predicted molar refractivity (Wildman–Crippen MR) is 100 cm³/mol. The van der Waals surface area contributed by atoms with Crippen LogP contribution < -0.4 is 5.32 Å². The molecular weight excluding hydrogens is 345 g/mol. The van der Waals surface area contributed by atoms with Crippen molar-refractivity contribution < 1.29 is 9.18 Å². The summed E-state index contributed by atoms with van der Waals surface area (Å²) in [5.74, 6) is -0.314. The van der Waals surface area contributed by atoms with Crippen LogP contribution in [0.1, 0.15) is 21.7 Å². The maximum atomic E-state index is 14.1. The monoisotopic (exact) mass is 361 g/mol. The van der Waals surface area contributed by atoms with Gasteiger partial charge in [0.05, 0.1) is 11.9 Å². The van der Waals surface area contributed by atoms with Crippen molar-refractivity contribution in [3.63, 3.8) is 0 Å². The number of imidazole rings is 1. The van der Waals surface area contributed by atoms with Gasteiger partial charge in [-0.3, -0.25) is 4.79 Å². The lowest BCUT2D eigenvalue weighted by Crippen LogP contribution is -2.16. The molecule has 0 bridgehead atoms. The molecule has 0 aliphatic rings. The minimum absolute atomic E-state index is 0.240. The summed E-state index contributed by atoms with van der Waals surface area (Å²) in [5.41, 5.74) is 3.31. The Bertz CT molecular complexity index is 1150. The Kier molecular flexibility index (Phi) is 4.12. The van der Waals surface area contributed by atoms with Crippen LogP contribution in [0.2, 0.25) is 0 Å². The molecule has 6 nitrogen and oxygen atoms in total. The van der Waals surface area contributed by atoms with E-state index < -0.39 is 5.91 Å². The molecular formula is C20H16FN5O. The highest BCUT2D eigenvalue weighted by molar-refractivity contribution is 6.02. The lowest BCUT2D eigenvalue weighted by atomic mass is 10.1. The molecule has 0 atom stereocenters. The number of fused-ring (bicyclic) bond motifs is 1. The number of aromatic nitrogens is 4. The van der Waals surface area contributed by atoms with E-state index in [1.54, 1.807) is 36.4 Å². The Balaban J connectivity index is 1.72. The quantitative estimate of drug-likeness (QED) is 0.602. The van der Waals surface area contributed by atoms with E-state index in [0.717, 1.165) is 11.3 Å². The van der Waals surface area contributed by atoms with Gasteiger partial charge in [-0.25, -0.2) is 18.9 Å². The Morgan fingerprint density at radius 2 is 1.93 bits per heavy atom. The molecule has 27 heavy (non-hydrogen) atoms. The van der Waals surface area contributed by atoms with Gasteiger partial charge in [0.1, 0.15) is 11.6 Å². The van der Waals surface area contributed by atoms with E-state index in [2.05, 4.69) is 20.4 Å². The SMILES string of the molecule is Cc1cc(C)nc(NC(=O)c2cnc3ccc(-c4ccccc4F)nn23)c1. The van der Waals surface area contributed by atoms with Crippen molar-refractivity contribution in [2.45, 2.75) is 13.8 Å². The topological polar surface area (TPSA) is 72.2 Å². The summed E-state index contributed by atoms with van der Waals surface area (Å²) >= 11 is 0. The van der Waals surface area contributed by atoms with Crippen LogP contribution >= 0.6 is 0 Å². The molecule has 3 heterocycles. The molecule has 1 N–H and O–H groups in total. The lowest BCUT2D eigenvalue weighted by molar-refractivity contribution is 0.102. The maximum absolute atomic E-state index is 14.1. The van der Waals surface area contributed by atoms with E-state index in [9.17, 15) is 9.18 Å². The van der Waals surface area contributed by atoms with Crippen molar-refractivity contribution in [3.05, 3.63) is 77.5 Å². The minimum Gasteiger partial charge on any atom is -0.305 e. The number of carbonyl (C=O) groups excluding carboxylic acids is 1. The largest absolute Gasteiger partial charge is 0.305 e. The number of amides is 1. The smallest absolute Gasteiger partial charge is 0.277 e. The van der Waals surface area contributed by atoms with Gasteiger partial charge in [0.25, 0.3) is 5.91 Å². The third-order valence-corrected chi connectivity index (χ3v) is 4.08. The van der Waals surface area contributed by atoms with E-state index in [-0.39, 0.29) is 11.5 Å². The van der Waals surface area contributed by atoms with Gasteiger partial charge in [-0.1, -0.05) is 12.1 Å². The fourth-order valence-electron chi connectivity index (χ4n) is 2.93. The molecule has 0 unspecified atom stereocenters. The molecule has 1 amide bonds. The van der Waals surface area contributed by atoms with Crippen molar-refractivity contribution >= 4 is 17.4 Å². The van der Waals surface area contributed by atoms with Gasteiger partial charge in [0.15, 0.2) is 11.3 Å². The van der Waals surface area contributed by atoms with Gasteiger partial charge in [-0.15, -0.1) is 0 Å². The van der Waals surface area contributed by atoms with Crippen LogP contribution in [0.3, 0.4) is 0 Å². The summed E-state index contributed by atoms with van der Waals surface area (Å²) in [6.07, 6.45) is 1.44. The van der Waals surface area contributed by atoms with Gasteiger partial charge >= 0.3 is 0 Å². The first-order valence-electron chi connectivity index (χ1n) is 8.37. The standard InChI is InChI=1S/C20H16FN5O/c1-12-9-13(2)23-18(10-12)24-20(27)17-11-22-19-8-7-16(25-26(17)19)14-5-3-4-6-15(14)21/h3-11H,1-2H3,(H,23,24,27). The van der Waals surface area contributed by atoms with E-state index in [4.69, 9.17) is 0 Å². The molecule has 0 spiro atoms. The van der Waals surface area contributed by atoms with Crippen LogP contribution in [0.4, 0.5) is 10.2 Å². The number of nitrogens with one attached hydrogen (secondary N) is 1. The molecule has 0 aliphatic carbocycles. The van der Waals surface area contributed by atoms with E-state index in [1.165, 1.54) is 16.8 Å². The van der Waals surface area contributed by atoms with E-state index in [1.807, 2.05) is 19.9 Å². The molecule has 4 rings (SSSR count). The second kappa shape index (κ2) is 6.60. The van der Waals surface area contributed by atoms with Crippen LogP contribution in [0, 0.1) is 19.7 Å². The number of aryl methyl sites for hydroxylation is 2. The van der Waals surface area contributed by atoms with Gasteiger partial charge < -0.3 is 5.32 Å². The Hall–Kier alpha value is -3.61. The summed E-state index contributed by atoms with van der Waals surface area (Å²) in [7, 11) is 0. The number of hydrogen-bond acceptors (Lipinski definition) is 4. The van der Waals surface area contributed by atoms with Crippen molar-refractivity contribution in [1.29, 1.82) is 0 Å². The number of halogens is 1. The van der Waals surface area contributed by atoms with Crippen LogP contribution in [0.15, 0.2) is 54.7 Å². The fraction of sp³-hybridized carbons (Fsp3) is 0.100.